The Morgan fingerprint density at radius 1 is 1.06 bits per heavy atom. The minimum absolute atomic E-state index is 0.228. The monoisotopic (exact) mass is 211 g/mol. The molecule has 2 nitrogen and oxygen atoms in total. The van der Waals surface area contributed by atoms with Crippen LogP contribution in [0.1, 0.15) is 0 Å². The first kappa shape index (κ1) is 9.09. The van der Waals surface area contributed by atoms with Gasteiger partial charge in [0, 0.05) is 0 Å². The maximum Gasteiger partial charge on any atom is 0.174 e. The molecular weight excluding hydrogens is 203 g/mol. The van der Waals surface area contributed by atoms with Gasteiger partial charge in [-0.2, -0.15) is 0 Å². The van der Waals surface area contributed by atoms with Crippen LogP contribution < -0.4 is 0 Å². The molecule has 3 aromatic rings. The first-order valence-electron chi connectivity index (χ1n) is 4.95. The molecule has 0 atom stereocenters. The average molecular weight is 211 g/mol. The fourth-order valence-electron chi connectivity index (χ4n) is 1.73. The number of halogens is 1. The van der Waals surface area contributed by atoms with Crippen molar-refractivity contribution in [3.8, 4) is 11.1 Å². The van der Waals surface area contributed by atoms with Gasteiger partial charge in [0.15, 0.2) is 6.33 Å². The van der Waals surface area contributed by atoms with Crippen LogP contribution in [0.2, 0.25) is 0 Å². The maximum absolute atomic E-state index is 13.1. The molecule has 1 heterocycles. The molecule has 16 heavy (non-hydrogen) atoms. The van der Waals surface area contributed by atoms with E-state index in [1.165, 1.54) is 12.1 Å². The highest BCUT2D eigenvalue weighted by molar-refractivity contribution is 5.81. The van der Waals surface area contributed by atoms with Gasteiger partial charge in [0.05, 0.1) is 11.0 Å². The van der Waals surface area contributed by atoms with E-state index in [4.69, 9.17) is 0 Å². The van der Waals surface area contributed by atoms with Crippen molar-refractivity contribution in [2.24, 2.45) is 0 Å². The van der Waals surface area contributed by atoms with Gasteiger partial charge in [0.25, 0.3) is 0 Å². The number of nitrogens with one attached hydrogen (secondary N) is 1. The highest BCUT2D eigenvalue weighted by Crippen LogP contribution is 2.23. The molecule has 0 amide bonds. The van der Waals surface area contributed by atoms with Gasteiger partial charge in [0.1, 0.15) is 5.82 Å². The smallest absolute Gasteiger partial charge is 0.174 e. The van der Waals surface area contributed by atoms with Crippen molar-refractivity contribution in [2.45, 2.75) is 0 Å². The lowest BCUT2D eigenvalue weighted by atomic mass is 10.1. The Balaban J connectivity index is 2.18. The third-order valence-corrected chi connectivity index (χ3v) is 2.52. The molecule has 0 aliphatic carbocycles. The number of aromatic nitrogens is 2. The highest BCUT2D eigenvalue weighted by Gasteiger charge is 2.02. The zero-order valence-corrected chi connectivity index (χ0v) is 8.37. The molecule has 0 aliphatic rings. The van der Waals surface area contributed by atoms with Gasteiger partial charge in [-0.1, -0.05) is 18.2 Å². The standard InChI is InChI=1S/C13H8FN2/c14-11-3-1-2-9(6-11)10-4-5-12-13(7-10)16-8-15-12/h1-7H,(H,15,16). The summed E-state index contributed by atoms with van der Waals surface area (Å²) in [6.07, 6.45) is 2.68. The molecule has 0 aliphatic heterocycles. The number of imidazole rings is 1. The summed E-state index contributed by atoms with van der Waals surface area (Å²) in [7, 11) is 0. The summed E-state index contributed by atoms with van der Waals surface area (Å²) >= 11 is 0. The number of nitrogens with zero attached hydrogens (tertiary/aromatic N) is 1. The second kappa shape index (κ2) is 3.45. The molecule has 77 valence electrons. The lowest BCUT2D eigenvalue weighted by Gasteiger charge is -2.01. The number of hydrogen-bond acceptors (Lipinski definition) is 1. The van der Waals surface area contributed by atoms with Gasteiger partial charge < -0.3 is 4.98 Å². The van der Waals surface area contributed by atoms with Gasteiger partial charge in [-0.3, -0.25) is 0 Å². The number of benzene rings is 2. The number of rotatable bonds is 1. The molecular formula is C13H8FN2. The van der Waals surface area contributed by atoms with E-state index in [0.717, 1.165) is 22.2 Å². The second-order valence-corrected chi connectivity index (χ2v) is 3.59. The zero-order chi connectivity index (χ0) is 11.0. The van der Waals surface area contributed by atoms with Gasteiger partial charge in [-0.05, 0) is 35.4 Å². The van der Waals surface area contributed by atoms with E-state index in [1.54, 1.807) is 6.07 Å². The summed E-state index contributed by atoms with van der Waals surface area (Å²) in [6, 6.07) is 12.3. The van der Waals surface area contributed by atoms with Crippen molar-refractivity contribution < 1.29 is 4.39 Å². The van der Waals surface area contributed by atoms with Crippen LogP contribution in [0.5, 0.6) is 0 Å². The third kappa shape index (κ3) is 1.46. The SMILES string of the molecule is Fc1cccc(-c2ccc3n[c][nH]c3c2)c1. The van der Waals surface area contributed by atoms with Crippen molar-refractivity contribution in [3.63, 3.8) is 0 Å². The van der Waals surface area contributed by atoms with E-state index in [2.05, 4.69) is 16.3 Å². The van der Waals surface area contributed by atoms with E-state index in [9.17, 15) is 4.39 Å². The molecule has 2 aromatic carbocycles. The Bertz CT molecular complexity index is 643. The Morgan fingerprint density at radius 3 is 2.81 bits per heavy atom. The lowest BCUT2D eigenvalue weighted by Crippen LogP contribution is -1.80. The van der Waals surface area contributed by atoms with Crippen molar-refractivity contribution in [3.05, 3.63) is 54.6 Å². The van der Waals surface area contributed by atoms with Crippen LogP contribution in [0.4, 0.5) is 4.39 Å². The Morgan fingerprint density at radius 2 is 1.94 bits per heavy atom. The molecule has 0 saturated heterocycles. The fourth-order valence-corrected chi connectivity index (χ4v) is 1.73. The summed E-state index contributed by atoms with van der Waals surface area (Å²) in [4.78, 5) is 6.93. The average Bonchev–Trinajstić information content (AvgIpc) is 2.75. The minimum atomic E-state index is -0.228. The van der Waals surface area contributed by atoms with Crippen LogP contribution in [-0.2, 0) is 0 Å². The minimum Gasteiger partial charge on any atom is -0.335 e. The Kier molecular flexibility index (Phi) is 1.96. The third-order valence-electron chi connectivity index (χ3n) is 2.52. The molecule has 3 heteroatoms. The maximum atomic E-state index is 13.1. The highest BCUT2D eigenvalue weighted by atomic mass is 19.1. The molecule has 1 aromatic heterocycles. The summed E-state index contributed by atoms with van der Waals surface area (Å²) in [6.45, 7) is 0. The van der Waals surface area contributed by atoms with E-state index in [1.807, 2.05) is 24.3 Å². The molecule has 0 bridgehead atoms. The van der Waals surface area contributed by atoms with Crippen LogP contribution in [-0.4, -0.2) is 9.97 Å². The van der Waals surface area contributed by atoms with Crippen molar-refractivity contribution in [1.82, 2.24) is 9.97 Å². The second-order valence-electron chi connectivity index (χ2n) is 3.59. The zero-order valence-electron chi connectivity index (χ0n) is 8.37. The van der Waals surface area contributed by atoms with Crippen LogP contribution >= 0.6 is 0 Å². The summed E-state index contributed by atoms with van der Waals surface area (Å²) in [5.41, 5.74) is 3.59. The summed E-state index contributed by atoms with van der Waals surface area (Å²) in [5, 5.41) is 0. The van der Waals surface area contributed by atoms with E-state index < -0.39 is 0 Å². The normalized spacial score (nSPS) is 10.8. The quantitative estimate of drug-likeness (QED) is 0.658. The van der Waals surface area contributed by atoms with Crippen LogP contribution in [0, 0.1) is 12.1 Å². The number of hydrogen-bond donors (Lipinski definition) is 1. The fraction of sp³-hybridized carbons (Fsp3) is 0. The van der Waals surface area contributed by atoms with Crippen LogP contribution in [0.3, 0.4) is 0 Å². The van der Waals surface area contributed by atoms with Gasteiger partial charge in [-0.15, -0.1) is 0 Å². The lowest BCUT2D eigenvalue weighted by molar-refractivity contribution is 0.628. The molecule has 0 saturated carbocycles. The largest absolute Gasteiger partial charge is 0.335 e. The van der Waals surface area contributed by atoms with E-state index >= 15 is 0 Å². The molecule has 3 rings (SSSR count). The Labute approximate surface area is 91.8 Å². The van der Waals surface area contributed by atoms with Crippen molar-refractivity contribution >= 4 is 11.0 Å². The number of aromatic amines is 1. The molecule has 1 N–H and O–H groups in total. The van der Waals surface area contributed by atoms with Crippen molar-refractivity contribution in [1.29, 1.82) is 0 Å². The van der Waals surface area contributed by atoms with Gasteiger partial charge in [-0.25, -0.2) is 9.37 Å². The summed E-state index contributed by atoms with van der Waals surface area (Å²) in [5.74, 6) is -0.228. The molecule has 0 spiro atoms. The van der Waals surface area contributed by atoms with Gasteiger partial charge >= 0.3 is 0 Å². The van der Waals surface area contributed by atoms with E-state index in [0.29, 0.717) is 0 Å². The summed E-state index contributed by atoms with van der Waals surface area (Å²) < 4.78 is 13.1. The van der Waals surface area contributed by atoms with Gasteiger partial charge in [0.2, 0.25) is 0 Å². The predicted molar refractivity (Wildman–Crippen MR) is 60.3 cm³/mol. The molecule has 0 unspecified atom stereocenters. The number of H-pyrrole nitrogens is 1. The molecule has 1 radical (unpaired) electrons. The topological polar surface area (TPSA) is 28.7 Å². The van der Waals surface area contributed by atoms with Crippen molar-refractivity contribution in [2.75, 3.05) is 0 Å². The predicted octanol–water partition coefficient (Wildman–Crippen LogP) is 3.17. The Hall–Kier alpha value is -2.16. The number of fused-ring (bicyclic) bond motifs is 1. The van der Waals surface area contributed by atoms with Crippen LogP contribution in [0.25, 0.3) is 22.2 Å². The first-order chi connectivity index (χ1) is 7.83. The van der Waals surface area contributed by atoms with E-state index in [-0.39, 0.29) is 5.82 Å². The first-order valence-corrected chi connectivity index (χ1v) is 4.95. The van der Waals surface area contributed by atoms with Crippen LogP contribution in [0.15, 0.2) is 42.5 Å². The molecule has 0 fully saturated rings.